The number of fused-ring (bicyclic) bond motifs is 1. The number of rotatable bonds is 5. The topological polar surface area (TPSA) is 46.2 Å². The number of hydrogen-bond donors (Lipinski definition) is 0. The normalized spacial score (nSPS) is 15.8. The minimum absolute atomic E-state index is 0.496. The molecule has 0 aromatic heterocycles. The third-order valence-electron chi connectivity index (χ3n) is 4.37. The predicted molar refractivity (Wildman–Crippen MR) is 111 cm³/mol. The van der Waals surface area contributed by atoms with E-state index < -0.39 is 9.90 Å². The molecule has 1 aliphatic heterocycles. The summed E-state index contributed by atoms with van der Waals surface area (Å²) in [7, 11) is 6.25. The zero-order valence-electron chi connectivity index (χ0n) is 15.7. The second kappa shape index (κ2) is 8.19. The van der Waals surface area contributed by atoms with E-state index in [9.17, 15) is 0 Å². The first-order valence-corrected chi connectivity index (χ1v) is 9.39. The standard InChI is InChI=1S/C20H19Cl3O5/c1-24-12-5-6-13(15(9-12)25-2)16-7-11-8-17(26-3)18(27-4)10-14(11)19(28-16)20(21,22)23/h5-10,19H,1-4H3/t19-/m0/s1. The fraction of sp³-hybridized carbons (Fsp3) is 0.300. The highest BCUT2D eigenvalue weighted by Gasteiger charge is 2.41. The molecule has 0 saturated carbocycles. The molecule has 0 amide bonds. The van der Waals surface area contributed by atoms with Gasteiger partial charge in [0, 0.05) is 11.6 Å². The molecule has 28 heavy (non-hydrogen) atoms. The van der Waals surface area contributed by atoms with Crippen LogP contribution in [0.15, 0.2) is 30.3 Å². The minimum Gasteiger partial charge on any atom is -0.497 e. The zero-order chi connectivity index (χ0) is 20.5. The number of benzene rings is 2. The third kappa shape index (κ3) is 3.93. The first-order chi connectivity index (χ1) is 13.3. The lowest BCUT2D eigenvalue weighted by Crippen LogP contribution is -2.23. The van der Waals surface area contributed by atoms with Gasteiger partial charge < -0.3 is 23.7 Å². The summed E-state index contributed by atoms with van der Waals surface area (Å²) < 4.78 is 25.9. The Labute approximate surface area is 178 Å². The molecule has 0 bridgehead atoms. The van der Waals surface area contributed by atoms with Gasteiger partial charge >= 0.3 is 0 Å². The quantitative estimate of drug-likeness (QED) is 0.556. The molecule has 1 heterocycles. The van der Waals surface area contributed by atoms with Gasteiger partial charge in [0.05, 0.1) is 34.0 Å². The van der Waals surface area contributed by atoms with Crippen LogP contribution in [0.4, 0.5) is 0 Å². The van der Waals surface area contributed by atoms with E-state index in [1.807, 2.05) is 18.2 Å². The van der Waals surface area contributed by atoms with Gasteiger partial charge in [0.2, 0.25) is 3.79 Å². The summed E-state index contributed by atoms with van der Waals surface area (Å²) in [5.41, 5.74) is 2.16. The Morgan fingerprint density at radius 3 is 2.04 bits per heavy atom. The molecule has 5 nitrogen and oxygen atoms in total. The molecule has 1 atom stereocenters. The Kier molecular flexibility index (Phi) is 6.08. The van der Waals surface area contributed by atoms with Gasteiger partial charge in [-0.15, -0.1) is 0 Å². The molecule has 150 valence electrons. The highest BCUT2D eigenvalue weighted by atomic mass is 35.6. The van der Waals surface area contributed by atoms with Crippen molar-refractivity contribution in [1.82, 2.24) is 0 Å². The number of hydrogen-bond acceptors (Lipinski definition) is 5. The number of halogens is 3. The van der Waals surface area contributed by atoms with Crippen molar-refractivity contribution in [3.8, 4) is 23.0 Å². The van der Waals surface area contributed by atoms with Gasteiger partial charge in [0.1, 0.15) is 17.3 Å². The van der Waals surface area contributed by atoms with E-state index in [1.54, 1.807) is 46.6 Å². The van der Waals surface area contributed by atoms with Gasteiger partial charge in [-0.3, -0.25) is 0 Å². The van der Waals surface area contributed by atoms with Gasteiger partial charge in [0.15, 0.2) is 17.6 Å². The van der Waals surface area contributed by atoms with Gasteiger partial charge in [-0.2, -0.15) is 0 Å². The van der Waals surface area contributed by atoms with Crippen molar-refractivity contribution < 1.29 is 23.7 Å². The van der Waals surface area contributed by atoms with Crippen molar-refractivity contribution in [3.63, 3.8) is 0 Å². The van der Waals surface area contributed by atoms with Crippen LogP contribution >= 0.6 is 34.8 Å². The van der Waals surface area contributed by atoms with Crippen molar-refractivity contribution in [3.05, 3.63) is 47.0 Å². The first kappa shape index (κ1) is 20.8. The van der Waals surface area contributed by atoms with Crippen LogP contribution in [0.25, 0.3) is 11.8 Å². The maximum absolute atomic E-state index is 6.24. The maximum atomic E-state index is 6.24. The highest BCUT2D eigenvalue weighted by Crippen LogP contribution is 2.51. The van der Waals surface area contributed by atoms with Crippen molar-refractivity contribution >= 4 is 46.6 Å². The summed E-state index contributed by atoms with van der Waals surface area (Å²) in [5.74, 6) is 2.79. The van der Waals surface area contributed by atoms with Crippen molar-refractivity contribution in [2.45, 2.75) is 9.90 Å². The van der Waals surface area contributed by atoms with Crippen LogP contribution in [0.3, 0.4) is 0 Å². The van der Waals surface area contributed by atoms with E-state index in [4.69, 9.17) is 58.5 Å². The zero-order valence-corrected chi connectivity index (χ0v) is 18.0. The van der Waals surface area contributed by atoms with E-state index >= 15 is 0 Å². The van der Waals surface area contributed by atoms with Gasteiger partial charge in [-0.1, -0.05) is 34.8 Å². The molecule has 2 aromatic rings. The summed E-state index contributed by atoms with van der Waals surface area (Å²) in [5, 5.41) is 0. The molecule has 0 unspecified atom stereocenters. The third-order valence-corrected chi connectivity index (χ3v) is 4.97. The van der Waals surface area contributed by atoms with E-state index in [0.717, 1.165) is 5.56 Å². The van der Waals surface area contributed by atoms with Crippen LogP contribution in [0, 0.1) is 0 Å². The average Bonchev–Trinajstić information content (AvgIpc) is 2.70. The molecule has 1 aliphatic rings. The molecule has 0 saturated heterocycles. The largest absolute Gasteiger partial charge is 0.497 e. The van der Waals surface area contributed by atoms with Crippen molar-refractivity contribution in [2.75, 3.05) is 28.4 Å². The monoisotopic (exact) mass is 444 g/mol. The number of ether oxygens (including phenoxy) is 5. The van der Waals surface area contributed by atoms with Crippen LogP contribution in [0.1, 0.15) is 22.8 Å². The predicted octanol–water partition coefficient (Wildman–Crippen LogP) is 5.66. The number of methoxy groups -OCH3 is 4. The van der Waals surface area contributed by atoms with Crippen molar-refractivity contribution in [1.29, 1.82) is 0 Å². The molecule has 3 rings (SSSR count). The van der Waals surface area contributed by atoms with Crippen LogP contribution < -0.4 is 18.9 Å². The van der Waals surface area contributed by atoms with Crippen LogP contribution in [-0.4, -0.2) is 32.2 Å². The Balaban J connectivity index is 2.19. The minimum atomic E-state index is -1.71. The van der Waals surface area contributed by atoms with Crippen LogP contribution in [-0.2, 0) is 4.74 Å². The summed E-state index contributed by atoms with van der Waals surface area (Å²) >= 11 is 18.7. The lowest BCUT2D eigenvalue weighted by Gasteiger charge is -2.32. The number of alkyl halides is 3. The van der Waals surface area contributed by atoms with Gasteiger partial charge in [-0.05, 0) is 35.9 Å². The smallest absolute Gasteiger partial charge is 0.231 e. The molecular formula is C20H19Cl3O5. The molecule has 8 heteroatoms. The lowest BCUT2D eigenvalue weighted by molar-refractivity contribution is 0.169. The Morgan fingerprint density at radius 1 is 0.821 bits per heavy atom. The van der Waals surface area contributed by atoms with Crippen LogP contribution in [0.5, 0.6) is 23.0 Å². The molecule has 0 spiro atoms. The van der Waals surface area contributed by atoms with Gasteiger partial charge in [0.25, 0.3) is 0 Å². The Hall–Kier alpha value is -1.95. The van der Waals surface area contributed by atoms with Crippen molar-refractivity contribution in [2.24, 2.45) is 0 Å². The Bertz CT molecular complexity index is 905. The lowest BCUT2D eigenvalue weighted by atomic mass is 9.96. The second-order valence-electron chi connectivity index (χ2n) is 5.95. The average molecular weight is 446 g/mol. The summed E-state index contributed by atoms with van der Waals surface area (Å²) in [6.45, 7) is 0. The summed E-state index contributed by atoms with van der Waals surface area (Å²) in [4.78, 5) is 0. The maximum Gasteiger partial charge on any atom is 0.231 e. The summed E-state index contributed by atoms with van der Waals surface area (Å²) in [6, 6.07) is 8.95. The molecule has 0 fully saturated rings. The first-order valence-electron chi connectivity index (χ1n) is 8.25. The van der Waals surface area contributed by atoms with Gasteiger partial charge in [-0.25, -0.2) is 0 Å². The van der Waals surface area contributed by atoms with Crippen LogP contribution in [0.2, 0.25) is 0 Å². The SMILES string of the molecule is COc1ccc(C2=Cc3cc(OC)c(OC)cc3[C@@H](C(Cl)(Cl)Cl)O2)c(OC)c1. The molecular weight excluding hydrogens is 427 g/mol. The van der Waals surface area contributed by atoms with E-state index in [0.29, 0.717) is 39.9 Å². The summed E-state index contributed by atoms with van der Waals surface area (Å²) in [6.07, 6.45) is 0.980. The molecule has 0 N–H and O–H groups in total. The van der Waals surface area contributed by atoms with E-state index in [-0.39, 0.29) is 0 Å². The second-order valence-corrected chi connectivity index (χ2v) is 8.32. The molecule has 0 radical (unpaired) electrons. The highest BCUT2D eigenvalue weighted by molar-refractivity contribution is 6.68. The van der Waals surface area contributed by atoms with E-state index in [2.05, 4.69) is 0 Å². The fourth-order valence-corrected chi connectivity index (χ4v) is 3.50. The van der Waals surface area contributed by atoms with E-state index in [1.165, 1.54) is 0 Å². The fourth-order valence-electron chi connectivity index (χ4n) is 3.01. The molecule has 2 aromatic carbocycles. The molecule has 0 aliphatic carbocycles. The Morgan fingerprint density at radius 2 is 1.46 bits per heavy atom.